The molecule has 0 aliphatic heterocycles. The standard InChI is InChI=1S/C15H14O3/c1-18-15(17)14(11-7-3-2-4-8-11)12-9-5-6-10-13(12)16/h2-10,14,16H,1H3. The Hall–Kier alpha value is -2.29. The lowest BCUT2D eigenvalue weighted by atomic mass is 9.91. The number of methoxy groups -OCH3 is 1. The molecule has 3 heteroatoms. The minimum atomic E-state index is -0.600. The zero-order chi connectivity index (χ0) is 13.0. The normalized spacial score (nSPS) is 11.8. The molecule has 0 spiro atoms. The average molecular weight is 242 g/mol. The van der Waals surface area contributed by atoms with E-state index in [1.807, 2.05) is 30.3 Å². The second kappa shape index (κ2) is 5.36. The molecule has 1 unspecified atom stereocenters. The minimum Gasteiger partial charge on any atom is -0.508 e. The molecule has 0 radical (unpaired) electrons. The molecule has 1 atom stereocenters. The van der Waals surface area contributed by atoms with Crippen molar-refractivity contribution in [2.24, 2.45) is 0 Å². The van der Waals surface area contributed by atoms with Crippen molar-refractivity contribution in [3.8, 4) is 5.75 Å². The summed E-state index contributed by atoms with van der Waals surface area (Å²) >= 11 is 0. The Morgan fingerprint density at radius 2 is 1.67 bits per heavy atom. The fourth-order valence-electron chi connectivity index (χ4n) is 1.94. The number of phenols is 1. The molecule has 0 amide bonds. The van der Waals surface area contributed by atoms with Crippen LogP contribution in [0.15, 0.2) is 54.6 Å². The van der Waals surface area contributed by atoms with Crippen molar-refractivity contribution < 1.29 is 14.6 Å². The molecule has 0 aromatic heterocycles. The highest BCUT2D eigenvalue weighted by molar-refractivity contribution is 5.83. The van der Waals surface area contributed by atoms with Gasteiger partial charge in [-0.15, -0.1) is 0 Å². The van der Waals surface area contributed by atoms with Gasteiger partial charge in [0.2, 0.25) is 0 Å². The summed E-state index contributed by atoms with van der Waals surface area (Å²) in [5.74, 6) is -0.892. The summed E-state index contributed by atoms with van der Waals surface area (Å²) in [6.07, 6.45) is 0. The summed E-state index contributed by atoms with van der Waals surface area (Å²) in [6.45, 7) is 0. The van der Waals surface area contributed by atoms with E-state index in [2.05, 4.69) is 0 Å². The summed E-state index contributed by atoms with van der Waals surface area (Å²) in [7, 11) is 1.35. The lowest BCUT2D eigenvalue weighted by Gasteiger charge is -2.16. The van der Waals surface area contributed by atoms with Crippen LogP contribution in [0.2, 0.25) is 0 Å². The summed E-state index contributed by atoms with van der Waals surface area (Å²) in [5, 5.41) is 9.88. The molecule has 2 aromatic rings. The molecule has 18 heavy (non-hydrogen) atoms. The van der Waals surface area contributed by atoms with Crippen molar-refractivity contribution in [2.75, 3.05) is 7.11 Å². The number of aromatic hydroxyl groups is 1. The predicted molar refractivity (Wildman–Crippen MR) is 68.4 cm³/mol. The molecule has 2 aromatic carbocycles. The zero-order valence-corrected chi connectivity index (χ0v) is 10.0. The first-order valence-electron chi connectivity index (χ1n) is 5.64. The molecule has 0 aliphatic carbocycles. The fraction of sp³-hybridized carbons (Fsp3) is 0.133. The SMILES string of the molecule is COC(=O)C(c1ccccc1)c1ccccc1O. The molecule has 1 N–H and O–H groups in total. The number of rotatable bonds is 3. The van der Waals surface area contributed by atoms with E-state index in [9.17, 15) is 9.90 Å². The molecule has 0 bridgehead atoms. The molecular formula is C15H14O3. The van der Waals surface area contributed by atoms with Gasteiger partial charge in [-0.25, -0.2) is 0 Å². The van der Waals surface area contributed by atoms with Crippen LogP contribution in [0.25, 0.3) is 0 Å². The Morgan fingerprint density at radius 1 is 1.06 bits per heavy atom. The third-order valence-corrected chi connectivity index (χ3v) is 2.82. The van der Waals surface area contributed by atoms with Gasteiger partial charge in [-0.2, -0.15) is 0 Å². The molecule has 0 saturated carbocycles. The highest BCUT2D eigenvalue weighted by Gasteiger charge is 2.25. The van der Waals surface area contributed by atoms with Crippen molar-refractivity contribution in [2.45, 2.75) is 5.92 Å². The van der Waals surface area contributed by atoms with Crippen molar-refractivity contribution in [1.29, 1.82) is 0 Å². The minimum absolute atomic E-state index is 0.0942. The van der Waals surface area contributed by atoms with Crippen molar-refractivity contribution >= 4 is 5.97 Å². The van der Waals surface area contributed by atoms with Gasteiger partial charge in [0.05, 0.1) is 7.11 Å². The smallest absolute Gasteiger partial charge is 0.317 e. The number of carbonyl (C=O) groups excluding carboxylic acids is 1. The Morgan fingerprint density at radius 3 is 2.28 bits per heavy atom. The van der Waals surface area contributed by atoms with Gasteiger partial charge in [-0.3, -0.25) is 4.79 Å². The second-order valence-electron chi connectivity index (χ2n) is 3.93. The number of esters is 1. The van der Waals surface area contributed by atoms with E-state index in [-0.39, 0.29) is 11.7 Å². The van der Waals surface area contributed by atoms with Crippen molar-refractivity contribution in [3.63, 3.8) is 0 Å². The van der Waals surface area contributed by atoms with Crippen LogP contribution in [0.3, 0.4) is 0 Å². The van der Waals surface area contributed by atoms with Gasteiger partial charge in [0.25, 0.3) is 0 Å². The van der Waals surface area contributed by atoms with E-state index in [1.54, 1.807) is 24.3 Å². The maximum absolute atomic E-state index is 11.9. The molecule has 0 fully saturated rings. The molecule has 0 saturated heterocycles. The Kier molecular flexibility index (Phi) is 3.63. The Labute approximate surface area is 106 Å². The Bertz CT molecular complexity index is 534. The quantitative estimate of drug-likeness (QED) is 0.842. The highest BCUT2D eigenvalue weighted by Crippen LogP contribution is 2.31. The van der Waals surface area contributed by atoms with E-state index in [4.69, 9.17) is 4.74 Å². The van der Waals surface area contributed by atoms with E-state index in [0.29, 0.717) is 5.56 Å². The average Bonchev–Trinajstić information content (AvgIpc) is 2.42. The number of carbonyl (C=O) groups is 1. The monoisotopic (exact) mass is 242 g/mol. The van der Waals surface area contributed by atoms with Crippen LogP contribution >= 0.6 is 0 Å². The number of hydrogen-bond acceptors (Lipinski definition) is 3. The number of hydrogen-bond donors (Lipinski definition) is 1. The number of ether oxygens (including phenoxy) is 1. The van der Waals surface area contributed by atoms with Gasteiger partial charge in [-0.05, 0) is 11.6 Å². The summed E-state index contributed by atoms with van der Waals surface area (Å²) in [5.41, 5.74) is 1.35. The van der Waals surface area contributed by atoms with Gasteiger partial charge < -0.3 is 9.84 Å². The fourth-order valence-corrected chi connectivity index (χ4v) is 1.94. The maximum Gasteiger partial charge on any atom is 0.317 e. The first-order chi connectivity index (χ1) is 8.74. The largest absolute Gasteiger partial charge is 0.508 e. The highest BCUT2D eigenvalue weighted by atomic mass is 16.5. The van der Waals surface area contributed by atoms with Crippen LogP contribution in [-0.4, -0.2) is 18.2 Å². The molecule has 2 rings (SSSR count). The van der Waals surface area contributed by atoms with Gasteiger partial charge in [0.1, 0.15) is 11.7 Å². The summed E-state index contributed by atoms with van der Waals surface area (Å²) in [4.78, 5) is 11.9. The third-order valence-electron chi connectivity index (χ3n) is 2.82. The number of phenolic OH excluding ortho intramolecular Hbond substituents is 1. The van der Waals surface area contributed by atoms with E-state index in [1.165, 1.54) is 7.11 Å². The topological polar surface area (TPSA) is 46.5 Å². The lowest BCUT2D eigenvalue weighted by molar-refractivity contribution is -0.141. The number of para-hydroxylation sites is 1. The maximum atomic E-state index is 11.9. The summed E-state index contributed by atoms with van der Waals surface area (Å²) < 4.78 is 4.83. The lowest BCUT2D eigenvalue weighted by Crippen LogP contribution is -2.15. The van der Waals surface area contributed by atoms with Crippen LogP contribution in [0, 0.1) is 0 Å². The molecular weight excluding hydrogens is 228 g/mol. The molecule has 0 aliphatic rings. The van der Waals surface area contributed by atoms with Gasteiger partial charge in [0, 0.05) is 5.56 Å². The van der Waals surface area contributed by atoms with Gasteiger partial charge >= 0.3 is 5.97 Å². The van der Waals surface area contributed by atoms with Crippen LogP contribution in [0.5, 0.6) is 5.75 Å². The summed E-state index contributed by atoms with van der Waals surface area (Å²) in [6, 6.07) is 16.1. The zero-order valence-electron chi connectivity index (χ0n) is 10.0. The van der Waals surface area contributed by atoms with Crippen LogP contribution in [0.4, 0.5) is 0 Å². The van der Waals surface area contributed by atoms with Crippen LogP contribution < -0.4 is 0 Å². The first kappa shape index (κ1) is 12.2. The Balaban J connectivity index is 2.51. The number of benzene rings is 2. The van der Waals surface area contributed by atoms with E-state index in [0.717, 1.165) is 5.56 Å². The molecule has 3 nitrogen and oxygen atoms in total. The van der Waals surface area contributed by atoms with Crippen molar-refractivity contribution in [3.05, 3.63) is 65.7 Å². The van der Waals surface area contributed by atoms with Crippen LogP contribution in [0.1, 0.15) is 17.0 Å². The predicted octanol–water partition coefficient (Wildman–Crippen LogP) is 2.70. The third kappa shape index (κ3) is 2.35. The van der Waals surface area contributed by atoms with E-state index >= 15 is 0 Å². The molecule has 92 valence electrons. The van der Waals surface area contributed by atoms with Crippen molar-refractivity contribution in [1.82, 2.24) is 0 Å². The van der Waals surface area contributed by atoms with Gasteiger partial charge in [0.15, 0.2) is 0 Å². The van der Waals surface area contributed by atoms with Gasteiger partial charge in [-0.1, -0.05) is 48.5 Å². The van der Waals surface area contributed by atoms with Crippen LogP contribution in [-0.2, 0) is 9.53 Å². The second-order valence-corrected chi connectivity index (χ2v) is 3.93. The van der Waals surface area contributed by atoms with E-state index < -0.39 is 5.92 Å². The molecule has 0 heterocycles. The first-order valence-corrected chi connectivity index (χ1v) is 5.64.